The number of rotatable bonds is 6. The molecule has 11 atom stereocenters. The van der Waals surface area contributed by atoms with Gasteiger partial charge in [0, 0.05) is 35.9 Å². The van der Waals surface area contributed by atoms with Gasteiger partial charge >= 0.3 is 5.97 Å². The number of benzene rings is 1. The van der Waals surface area contributed by atoms with Gasteiger partial charge in [-0.25, -0.2) is 0 Å². The summed E-state index contributed by atoms with van der Waals surface area (Å²) in [5.74, 6) is 0.681. The molecular weight excluding hydrogens is 512 g/mol. The van der Waals surface area contributed by atoms with Gasteiger partial charge in [0.1, 0.15) is 6.10 Å². The van der Waals surface area contributed by atoms with E-state index in [-0.39, 0.29) is 64.1 Å². The van der Waals surface area contributed by atoms with E-state index in [9.17, 15) is 14.7 Å². The van der Waals surface area contributed by atoms with Crippen molar-refractivity contribution in [3.05, 3.63) is 48.0 Å². The minimum Gasteiger partial charge on any atom is -0.462 e. The summed E-state index contributed by atoms with van der Waals surface area (Å²) >= 11 is 0. The molecule has 224 valence electrons. The Hall–Kier alpha value is -2.18. The van der Waals surface area contributed by atoms with Crippen molar-refractivity contribution in [3.63, 3.8) is 0 Å². The van der Waals surface area contributed by atoms with Crippen molar-refractivity contribution in [1.29, 1.82) is 0 Å². The predicted molar refractivity (Wildman–Crippen MR) is 160 cm³/mol. The van der Waals surface area contributed by atoms with Gasteiger partial charge in [-0.05, 0) is 105 Å². The third kappa shape index (κ3) is 3.75. The van der Waals surface area contributed by atoms with Crippen LogP contribution in [-0.4, -0.2) is 60.8 Å². The highest BCUT2D eigenvalue weighted by atomic mass is 16.5. The van der Waals surface area contributed by atoms with Crippen LogP contribution < -0.4 is 5.32 Å². The number of aliphatic hydroxyl groups is 1. The summed E-state index contributed by atoms with van der Waals surface area (Å²) < 4.78 is 6.12. The molecule has 0 heterocycles. The Labute approximate surface area is 246 Å². The van der Waals surface area contributed by atoms with E-state index in [4.69, 9.17) is 4.74 Å². The van der Waals surface area contributed by atoms with Gasteiger partial charge in [0.25, 0.3) is 5.91 Å². The van der Waals surface area contributed by atoms with Gasteiger partial charge in [0.2, 0.25) is 0 Å². The normalized spacial score (nSPS) is 46.5. The van der Waals surface area contributed by atoms with Crippen LogP contribution in [0.3, 0.4) is 0 Å². The molecule has 0 aromatic heterocycles. The Kier molecular flexibility index (Phi) is 6.64. The molecule has 1 amide bonds. The quantitative estimate of drug-likeness (QED) is 0.355. The Morgan fingerprint density at radius 1 is 1.02 bits per heavy atom. The second-order valence-corrected chi connectivity index (χ2v) is 15.3. The summed E-state index contributed by atoms with van der Waals surface area (Å²) in [6.07, 6.45) is 11.2. The average molecular weight is 563 g/mol. The van der Waals surface area contributed by atoms with E-state index in [1.54, 1.807) is 6.92 Å². The van der Waals surface area contributed by atoms with E-state index >= 15 is 0 Å². The van der Waals surface area contributed by atoms with Crippen LogP contribution in [0.25, 0.3) is 0 Å². The maximum atomic E-state index is 13.2. The van der Waals surface area contributed by atoms with Gasteiger partial charge in [-0.2, -0.15) is 0 Å². The monoisotopic (exact) mass is 562 g/mol. The number of hydrogen-bond donors (Lipinski definition) is 2. The van der Waals surface area contributed by atoms with Gasteiger partial charge in [0.05, 0.1) is 6.61 Å². The Bertz CT molecular complexity index is 1250. The van der Waals surface area contributed by atoms with Crippen molar-refractivity contribution in [2.24, 2.45) is 44.8 Å². The molecule has 6 rings (SSSR count). The third-order valence-corrected chi connectivity index (χ3v) is 13.7. The number of carbonyl (C=O) groups excluding carboxylic acids is 2. The fraction of sp³-hybridized carbons (Fsp3) is 0.714. The number of aliphatic hydroxyl groups excluding tert-OH is 1. The van der Waals surface area contributed by atoms with E-state index in [0.29, 0.717) is 17.5 Å². The van der Waals surface area contributed by atoms with Crippen molar-refractivity contribution in [1.82, 2.24) is 10.2 Å². The number of allylic oxidation sites excluding steroid dienone is 2. The first-order valence-electron chi connectivity index (χ1n) is 15.8. The zero-order valence-corrected chi connectivity index (χ0v) is 26.1. The number of amides is 1. The zero-order valence-electron chi connectivity index (χ0n) is 26.1. The average Bonchev–Trinajstić information content (AvgIpc) is 3.54. The number of nitrogens with zero attached hydrogens (tertiary/aromatic N) is 1. The highest BCUT2D eigenvalue weighted by Crippen LogP contribution is 2.87. The Balaban J connectivity index is 1.34. The zero-order chi connectivity index (χ0) is 29.6. The fourth-order valence-corrected chi connectivity index (χ4v) is 11.3. The lowest BCUT2D eigenvalue weighted by atomic mass is 9.43. The van der Waals surface area contributed by atoms with Crippen LogP contribution in [0.2, 0.25) is 0 Å². The number of ether oxygens (including phenoxy) is 1. The number of esters is 1. The number of nitrogens with one attached hydrogen (secondary N) is 1. The van der Waals surface area contributed by atoms with Crippen molar-refractivity contribution in [3.8, 4) is 0 Å². The minimum atomic E-state index is -0.423. The summed E-state index contributed by atoms with van der Waals surface area (Å²) in [7, 11) is 4.29. The molecule has 0 saturated heterocycles. The summed E-state index contributed by atoms with van der Waals surface area (Å²) in [6, 6.07) is 9.64. The molecule has 5 aliphatic rings. The van der Waals surface area contributed by atoms with Crippen LogP contribution >= 0.6 is 0 Å². The lowest BCUT2D eigenvalue weighted by Crippen LogP contribution is -2.60. The molecule has 1 aromatic rings. The smallest absolute Gasteiger partial charge is 0.302 e. The van der Waals surface area contributed by atoms with E-state index in [2.05, 4.69) is 64.2 Å². The van der Waals surface area contributed by atoms with E-state index in [1.165, 1.54) is 12.8 Å². The fourth-order valence-electron chi connectivity index (χ4n) is 11.3. The van der Waals surface area contributed by atoms with Gasteiger partial charge in [-0.3, -0.25) is 9.59 Å². The molecule has 4 fully saturated rings. The molecule has 6 nitrogen and oxygen atoms in total. The van der Waals surface area contributed by atoms with E-state index < -0.39 is 5.41 Å². The molecule has 1 aromatic carbocycles. The van der Waals surface area contributed by atoms with Crippen LogP contribution in [0.15, 0.2) is 42.5 Å². The Morgan fingerprint density at radius 3 is 2.32 bits per heavy atom. The van der Waals surface area contributed by atoms with Crippen molar-refractivity contribution < 1.29 is 19.4 Å². The van der Waals surface area contributed by atoms with Gasteiger partial charge in [-0.15, -0.1) is 0 Å². The largest absolute Gasteiger partial charge is 0.462 e. The number of fused-ring (bicyclic) bond motifs is 2. The molecular formula is C35H50N2O4. The predicted octanol–water partition coefficient (Wildman–Crippen LogP) is 5.46. The molecule has 4 saturated carbocycles. The van der Waals surface area contributed by atoms with E-state index in [1.807, 2.05) is 30.3 Å². The summed E-state index contributed by atoms with van der Waals surface area (Å²) in [6.45, 7) is 11.1. The van der Waals surface area contributed by atoms with Crippen LogP contribution in [0.4, 0.5) is 0 Å². The topological polar surface area (TPSA) is 78.9 Å². The lowest BCUT2D eigenvalue weighted by Gasteiger charge is -2.61. The number of carbonyl (C=O) groups is 2. The molecule has 2 N–H and O–H groups in total. The summed E-state index contributed by atoms with van der Waals surface area (Å²) in [5, 5.41) is 14.3. The first-order chi connectivity index (χ1) is 19.3. The molecule has 2 spiro atoms. The van der Waals surface area contributed by atoms with Gasteiger partial charge in [0.15, 0.2) is 0 Å². The highest BCUT2D eigenvalue weighted by Gasteiger charge is 2.82. The second-order valence-electron chi connectivity index (χ2n) is 15.3. The third-order valence-electron chi connectivity index (χ3n) is 13.7. The minimum absolute atomic E-state index is 0.0132. The molecule has 41 heavy (non-hydrogen) atoms. The van der Waals surface area contributed by atoms with Crippen LogP contribution in [0.1, 0.15) is 83.5 Å². The molecule has 5 aliphatic carbocycles. The summed E-state index contributed by atoms with van der Waals surface area (Å²) in [5.41, 5.74) is 0.675. The van der Waals surface area contributed by atoms with Crippen molar-refractivity contribution in [2.75, 3.05) is 20.7 Å². The maximum Gasteiger partial charge on any atom is 0.302 e. The van der Waals surface area contributed by atoms with Gasteiger partial charge < -0.3 is 20.1 Å². The highest BCUT2D eigenvalue weighted by molar-refractivity contribution is 5.94. The Morgan fingerprint density at radius 2 is 1.68 bits per heavy atom. The first kappa shape index (κ1) is 28.9. The first-order valence-corrected chi connectivity index (χ1v) is 15.8. The summed E-state index contributed by atoms with van der Waals surface area (Å²) in [4.78, 5) is 27.8. The molecule has 0 bridgehead atoms. The van der Waals surface area contributed by atoms with Crippen LogP contribution in [-0.2, 0) is 9.53 Å². The SMILES string of the molecule is CC(=O)OC1CC2(C)C3C=CC4C(C)(CO)C(NC(=O)c5ccccc5)CCC45CC35CCC2(C)C1C(C)N(C)C. The van der Waals surface area contributed by atoms with Crippen LogP contribution in [0, 0.1) is 44.8 Å². The van der Waals surface area contributed by atoms with E-state index in [0.717, 1.165) is 25.7 Å². The van der Waals surface area contributed by atoms with Crippen molar-refractivity contribution >= 4 is 11.9 Å². The van der Waals surface area contributed by atoms with Crippen LogP contribution in [0.5, 0.6) is 0 Å². The lowest BCUT2D eigenvalue weighted by molar-refractivity contribution is -0.150. The second kappa shape index (κ2) is 9.41. The maximum absolute atomic E-state index is 13.2. The number of hydrogen-bond acceptors (Lipinski definition) is 5. The standard InChI is InChI=1S/C35H50N2O4/c1-22(37(6)7)29-25(41-23(2)39)19-33(5)27-14-13-26-31(3,21-38)28(36-30(40)24-11-9-8-10-12-24)15-16-34(26)20-35(27,34)18-17-32(29,33)4/h8-14,22,25-29,38H,15-21H2,1-7H3,(H,36,40). The molecule has 11 unspecified atom stereocenters. The van der Waals surface area contributed by atoms with Crippen molar-refractivity contribution in [2.45, 2.75) is 91.3 Å². The molecule has 6 heteroatoms. The molecule has 0 aliphatic heterocycles. The molecule has 0 radical (unpaired) electrons. The van der Waals surface area contributed by atoms with Gasteiger partial charge in [-0.1, -0.05) is 51.1 Å².